The number of alkyl halides is 1. The molecule has 15 heavy (non-hydrogen) atoms. The Morgan fingerprint density at radius 2 is 2.27 bits per heavy atom. The molecule has 1 aromatic heterocycles. The molecule has 0 spiro atoms. The molecule has 0 fully saturated rings. The van der Waals surface area contributed by atoms with E-state index in [2.05, 4.69) is 38.0 Å². The van der Waals surface area contributed by atoms with Crippen molar-refractivity contribution in [2.45, 2.75) is 12.3 Å². The van der Waals surface area contributed by atoms with Crippen molar-refractivity contribution >= 4 is 27.5 Å². The molecule has 0 saturated carbocycles. The molecule has 4 heteroatoms. The summed E-state index contributed by atoms with van der Waals surface area (Å²) in [5.41, 5.74) is 2.18. The number of nitrogens with one attached hydrogen (secondary N) is 1. The van der Waals surface area contributed by atoms with Crippen LogP contribution in [0.25, 0.3) is 0 Å². The van der Waals surface area contributed by atoms with E-state index in [0.29, 0.717) is 5.88 Å². The number of hydrogen-bond acceptors (Lipinski definition) is 1. The number of H-pyrrole nitrogens is 1. The van der Waals surface area contributed by atoms with Gasteiger partial charge in [-0.15, -0.1) is 11.6 Å². The van der Waals surface area contributed by atoms with Crippen molar-refractivity contribution in [3.05, 3.63) is 52.0 Å². The topological polar surface area (TPSA) is 28.7 Å². The lowest BCUT2D eigenvalue weighted by molar-refractivity contribution is 1.01. The normalized spacial score (nSPS) is 10.5. The minimum Gasteiger partial charge on any atom is -0.345 e. The van der Waals surface area contributed by atoms with E-state index in [1.165, 1.54) is 5.56 Å². The van der Waals surface area contributed by atoms with E-state index in [1.54, 1.807) is 6.20 Å². The number of rotatable bonds is 3. The van der Waals surface area contributed by atoms with E-state index in [1.807, 2.05) is 12.1 Å². The Labute approximate surface area is 102 Å². The number of benzene rings is 1. The molecule has 2 nitrogen and oxygen atoms in total. The summed E-state index contributed by atoms with van der Waals surface area (Å²) in [4.78, 5) is 7.43. The summed E-state index contributed by atoms with van der Waals surface area (Å²) in [7, 11) is 0. The van der Waals surface area contributed by atoms with E-state index in [4.69, 9.17) is 11.6 Å². The van der Waals surface area contributed by atoms with Crippen LogP contribution in [0.5, 0.6) is 0 Å². The maximum absolute atomic E-state index is 5.69. The number of imidazole rings is 1. The summed E-state index contributed by atoms with van der Waals surface area (Å²) in [6, 6.07) is 8.19. The summed E-state index contributed by atoms with van der Waals surface area (Å²) < 4.78 is 1.09. The Kier molecular flexibility index (Phi) is 3.44. The van der Waals surface area contributed by atoms with Crippen LogP contribution in [-0.4, -0.2) is 9.97 Å². The van der Waals surface area contributed by atoms with Crippen molar-refractivity contribution in [2.75, 3.05) is 0 Å². The lowest BCUT2D eigenvalue weighted by atomic mass is 10.1. The van der Waals surface area contributed by atoms with Gasteiger partial charge in [-0.2, -0.15) is 0 Å². The molecule has 0 aliphatic rings. The van der Waals surface area contributed by atoms with Crippen molar-refractivity contribution in [3.8, 4) is 0 Å². The zero-order valence-corrected chi connectivity index (χ0v) is 10.3. The van der Waals surface area contributed by atoms with Gasteiger partial charge < -0.3 is 4.98 Å². The predicted octanol–water partition coefficient (Wildman–Crippen LogP) is 3.50. The molecule has 0 saturated heterocycles. The van der Waals surface area contributed by atoms with Gasteiger partial charge in [0.15, 0.2) is 0 Å². The third kappa shape index (κ3) is 2.83. The number of hydrogen-bond donors (Lipinski definition) is 1. The van der Waals surface area contributed by atoms with Crippen LogP contribution >= 0.6 is 27.5 Å². The number of nitrogens with zero attached hydrogens (tertiary/aromatic N) is 1. The maximum atomic E-state index is 5.69. The van der Waals surface area contributed by atoms with Crippen molar-refractivity contribution < 1.29 is 0 Å². The number of halogens is 2. The van der Waals surface area contributed by atoms with Crippen LogP contribution in [-0.2, 0) is 12.3 Å². The summed E-state index contributed by atoms with van der Waals surface area (Å²) >= 11 is 9.13. The average molecular weight is 286 g/mol. The van der Waals surface area contributed by atoms with Crippen LogP contribution < -0.4 is 0 Å². The monoisotopic (exact) mass is 284 g/mol. The second-order valence-corrected chi connectivity index (χ2v) is 4.48. The first-order valence-corrected chi connectivity index (χ1v) is 5.94. The van der Waals surface area contributed by atoms with Crippen molar-refractivity contribution in [2.24, 2.45) is 0 Å². The van der Waals surface area contributed by atoms with Gasteiger partial charge in [-0.25, -0.2) is 4.98 Å². The molecule has 1 heterocycles. The van der Waals surface area contributed by atoms with Gasteiger partial charge in [0.2, 0.25) is 0 Å². The molecule has 1 aromatic carbocycles. The van der Waals surface area contributed by atoms with Gasteiger partial charge >= 0.3 is 0 Å². The fraction of sp³-hybridized carbons (Fsp3) is 0.182. The predicted molar refractivity (Wildman–Crippen MR) is 65.1 cm³/mol. The van der Waals surface area contributed by atoms with Crippen LogP contribution in [0, 0.1) is 0 Å². The lowest BCUT2D eigenvalue weighted by Gasteiger charge is -1.98. The first kappa shape index (κ1) is 10.7. The van der Waals surface area contributed by atoms with E-state index < -0.39 is 0 Å². The molecule has 0 atom stereocenters. The smallest absolute Gasteiger partial charge is 0.110 e. The highest BCUT2D eigenvalue weighted by Gasteiger charge is 2.01. The largest absolute Gasteiger partial charge is 0.345 e. The standard InChI is InChI=1S/C11H10BrClN2/c12-9-3-1-2-8(4-9)5-11-14-7-10(6-13)15-11/h1-4,7H,5-6H2,(H,14,15). The van der Waals surface area contributed by atoms with Gasteiger partial charge in [0.1, 0.15) is 5.82 Å². The number of aromatic nitrogens is 2. The second-order valence-electron chi connectivity index (χ2n) is 3.30. The third-order valence-electron chi connectivity index (χ3n) is 2.09. The molecular formula is C11H10BrClN2. The molecule has 0 radical (unpaired) electrons. The van der Waals surface area contributed by atoms with Crippen LogP contribution in [0.1, 0.15) is 17.1 Å². The van der Waals surface area contributed by atoms with E-state index >= 15 is 0 Å². The van der Waals surface area contributed by atoms with Crippen molar-refractivity contribution in [1.29, 1.82) is 0 Å². The molecule has 0 aliphatic carbocycles. The van der Waals surface area contributed by atoms with Gasteiger partial charge in [0.05, 0.1) is 5.88 Å². The van der Waals surface area contributed by atoms with E-state index in [-0.39, 0.29) is 0 Å². The Morgan fingerprint density at radius 3 is 2.93 bits per heavy atom. The Bertz CT molecular complexity index is 453. The highest BCUT2D eigenvalue weighted by Crippen LogP contribution is 2.14. The van der Waals surface area contributed by atoms with Crippen LogP contribution in [0.2, 0.25) is 0 Å². The van der Waals surface area contributed by atoms with Crippen molar-refractivity contribution in [3.63, 3.8) is 0 Å². The summed E-state index contributed by atoms with van der Waals surface area (Å²) in [5.74, 6) is 1.43. The van der Waals surface area contributed by atoms with Gasteiger partial charge in [-0.3, -0.25) is 0 Å². The molecule has 0 unspecified atom stereocenters. The zero-order chi connectivity index (χ0) is 10.7. The van der Waals surface area contributed by atoms with E-state index in [0.717, 1.165) is 22.4 Å². The quantitative estimate of drug-likeness (QED) is 0.859. The van der Waals surface area contributed by atoms with Crippen LogP contribution in [0.15, 0.2) is 34.9 Å². The fourth-order valence-corrected chi connectivity index (χ4v) is 1.99. The molecule has 0 bridgehead atoms. The summed E-state index contributed by atoms with van der Waals surface area (Å²) in [5, 5.41) is 0. The molecular weight excluding hydrogens is 275 g/mol. The summed E-state index contributed by atoms with van der Waals surface area (Å²) in [6.45, 7) is 0. The molecule has 2 aromatic rings. The molecule has 1 N–H and O–H groups in total. The number of aromatic amines is 1. The minimum atomic E-state index is 0.478. The molecule has 0 aliphatic heterocycles. The van der Waals surface area contributed by atoms with Crippen LogP contribution in [0.3, 0.4) is 0 Å². The molecule has 78 valence electrons. The summed E-state index contributed by atoms with van der Waals surface area (Å²) in [6.07, 6.45) is 2.58. The maximum Gasteiger partial charge on any atom is 0.110 e. The third-order valence-corrected chi connectivity index (χ3v) is 2.87. The Morgan fingerprint density at radius 1 is 1.40 bits per heavy atom. The average Bonchev–Trinajstić information content (AvgIpc) is 2.65. The van der Waals surface area contributed by atoms with Gasteiger partial charge in [-0.1, -0.05) is 28.1 Å². The highest BCUT2D eigenvalue weighted by molar-refractivity contribution is 9.10. The fourth-order valence-electron chi connectivity index (χ4n) is 1.40. The first-order chi connectivity index (χ1) is 7.28. The Hall–Kier alpha value is -0.800. The highest BCUT2D eigenvalue weighted by atomic mass is 79.9. The molecule has 2 rings (SSSR count). The zero-order valence-electron chi connectivity index (χ0n) is 8.00. The van der Waals surface area contributed by atoms with Gasteiger partial charge in [0, 0.05) is 22.8 Å². The molecule has 0 amide bonds. The Balaban J connectivity index is 2.14. The van der Waals surface area contributed by atoms with E-state index in [9.17, 15) is 0 Å². The minimum absolute atomic E-state index is 0.478. The lowest BCUT2D eigenvalue weighted by Crippen LogP contribution is -1.90. The van der Waals surface area contributed by atoms with Crippen LogP contribution in [0.4, 0.5) is 0 Å². The van der Waals surface area contributed by atoms with Gasteiger partial charge in [-0.05, 0) is 17.7 Å². The second kappa shape index (κ2) is 4.81. The van der Waals surface area contributed by atoms with Crippen molar-refractivity contribution in [1.82, 2.24) is 9.97 Å². The van der Waals surface area contributed by atoms with Gasteiger partial charge in [0.25, 0.3) is 0 Å². The SMILES string of the molecule is ClCc1cnc(Cc2cccc(Br)c2)[nH]1. The first-order valence-electron chi connectivity index (χ1n) is 4.61.